The molecule has 0 spiro atoms. The molecule has 0 saturated carbocycles. The molecular weight excluding hydrogens is 410 g/mol. The third kappa shape index (κ3) is 5.03. The minimum absolute atomic E-state index is 0.0452. The van der Waals surface area contributed by atoms with Crippen LogP contribution in [0.1, 0.15) is 15.9 Å². The van der Waals surface area contributed by atoms with Crippen LogP contribution < -0.4 is 15.4 Å². The van der Waals surface area contributed by atoms with Gasteiger partial charge in [0, 0.05) is 18.2 Å². The number of benzene rings is 3. The van der Waals surface area contributed by atoms with Crippen LogP contribution in [0.5, 0.6) is 5.75 Å². The summed E-state index contributed by atoms with van der Waals surface area (Å²) in [6.45, 7) is 0.0309. The Morgan fingerprint density at radius 2 is 1.77 bits per heavy atom. The molecule has 0 aliphatic heterocycles. The van der Waals surface area contributed by atoms with E-state index in [0.717, 1.165) is 28.2 Å². The zero-order valence-electron chi connectivity index (χ0n) is 16.0. The smallest absolute Gasteiger partial charge is 0.288 e. The van der Waals surface area contributed by atoms with E-state index in [2.05, 4.69) is 10.6 Å². The zero-order valence-corrected chi connectivity index (χ0v) is 16.7. The van der Waals surface area contributed by atoms with Crippen LogP contribution in [0.3, 0.4) is 0 Å². The molecule has 9 heteroatoms. The lowest BCUT2D eigenvalue weighted by atomic mass is 10.1. The number of ether oxygens (including phenoxy) is 1. The van der Waals surface area contributed by atoms with Crippen molar-refractivity contribution in [1.29, 1.82) is 0 Å². The molecule has 2 N–H and O–H groups in total. The predicted octanol–water partition coefficient (Wildman–Crippen LogP) is 3.46. The maximum absolute atomic E-state index is 12.1. The normalized spacial score (nSPS) is 10.5. The van der Waals surface area contributed by atoms with Gasteiger partial charge >= 0.3 is 0 Å². The third-order valence-corrected chi connectivity index (χ3v) is 4.74. The van der Waals surface area contributed by atoms with Crippen molar-refractivity contribution >= 4 is 39.9 Å². The Balaban J connectivity index is 1.55. The van der Waals surface area contributed by atoms with Gasteiger partial charge in [-0.25, -0.2) is 0 Å². The number of rotatable bonds is 7. The van der Waals surface area contributed by atoms with Crippen LogP contribution in [0.25, 0.3) is 10.8 Å². The Morgan fingerprint density at radius 3 is 2.50 bits per heavy atom. The Kier molecular flexibility index (Phi) is 6.48. The number of nitro groups is 1. The summed E-state index contributed by atoms with van der Waals surface area (Å²) in [5.41, 5.74) is 0.576. The van der Waals surface area contributed by atoms with Crippen molar-refractivity contribution in [3.8, 4) is 5.75 Å². The fourth-order valence-corrected chi connectivity index (χ4v) is 3.02. The molecule has 0 aliphatic carbocycles. The zero-order chi connectivity index (χ0) is 21.7. The Labute approximate surface area is 176 Å². The van der Waals surface area contributed by atoms with Crippen LogP contribution in [0.4, 0.5) is 5.69 Å². The molecule has 3 rings (SSSR count). The van der Waals surface area contributed by atoms with E-state index in [1.54, 1.807) is 7.11 Å². The lowest BCUT2D eigenvalue weighted by Gasteiger charge is -2.09. The van der Waals surface area contributed by atoms with Gasteiger partial charge in [0.1, 0.15) is 10.8 Å². The van der Waals surface area contributed by atoms with Crippen LogP contribution in [0.2, 0.25) is 5.02 Å². The number of nitro benzene ring substituents is 1. The molecule has 0 aliphatic rings. The summed E-state index contributed by atoms with van der Waals surface area (Å²) in [6, 6.07) is 15.2. The molecule has 0 aromatic heterocycles. The number of carbonyl (C=O) groups is 2. The Morgan fingerprint density at radius 1 is 1.03 bits per heavy atom. The van der Waals surface area contributed by atoms with E-state index >= 15 is 0 Å². The van der Waals surface area contributed by atoms with Gasteiger partial charge in [-0.2, -0.15) is 0 Å². The number of methoxy groups -OCH3 is 1. The fraction of sp³-hybridized carbons (Fsp3) is 0.143. The first-order valence-electron chi connectivity index (χ1n) is 8.93. The largest absolute Gasteiger partial charge is 0.497 e. The molecule has 3 aromatic carbocycles. The van der Waals surface area contributed by atoms with Crippen molar-refractivity contribution < 1.29 is 19.2 Å². The van der Waals surface area contributed by atoms with Crippen molar-refractivity contribution in [2.75, 3.05) is 13.7 Å². The number of hydrogen-bond acceptors (Lipinski definition) is 5. The summed E-state index contributed by atoms with van der Waals surface area (Å²) in [4.78, 5) is 34.4. The van der Waals surface area contributed by atoms with Gasteiger partial charge in [-0.3, -0.25) is 19.7 Å². The molecule has 0 fully saturated rings. The van der Waals surface area contributed by atoms with Crippen molar-refractivity contribution in [3.05, 3.63) is 80.9 Å². The quantitative estimate of drug-likeness (QED) is 0.443. The molecule has 30 heavy (non-hydrogen) atoms. The predicted molar refractivity (Wildman–Crippen MR) is 113 cm³/mol. The van der Waals surface area contributed by atoms with E-state index < -0.39 is 10.8 Å². The lowest BCUT2D eigenvalue weighted by Crippen LogP contribution is -2.36. The van der Waals surface area contributed by atoms with E-state index in [1.807, 2.05) is 36.4 Å². The van der Waals surface area contributed by atoms with E-state index in [-0.39, 0.29) is 28.7 Å². The summed E-state index contributed by atoms with van der Waals surface area (Å²) >= 11 is 5.73. The van der Waals surface area contributed by atoms with Crippen LogP contribution in [0.15, 0.2) is 54.6 Å². The number of halogens is 1. The second-order valence-electron chi connectivity index (χ2n) is 6.43. The monoisotopic (exact) mass is 427 g/mol. The first kappa shape index (κ1) is 21.1. The molecule has 0 saturated heterocycles. The third-order valence-electron chi connectivity index (χ3n) is 4.42. The lowest BCUT2D eigenvalue weighted by molar-refractivity contribution is -0.384. The molecule has 154 valence electrons. The van der Waals surface area contributed by atoms with Gasteiger partial charge in [0.25, 0.3) is 11.6 Å². The van der Waals surface area contributed by atoms with E-state index in [0.29, 0.717) is 6.54 Å². The maximum Gasteiger partial charge on any atom is 0.288 e. The molecule has 3 aromatic rings. The summed E-state index contributed by atoms with van der Waals surface area (Å²) < 4.78 is 5.20. The Hall–Kier alpha value is -3.65. The first-order chi connectivity index (χ1) is 14.4. The molecule has 8 nitrogen and oxygen atoms in total. The average molecular weight is 428 g/mol. The Bertz CT molecular complexity index is 1130. The topological polar surface area (TPSA) is 111 Å². The van der Waals surface area contributed by atoms with Crippen LogP contribution >= 0.6 is 11.6 Å². The molecule has 0 unspecified atom stereocenters. The van der Waals surface area contributed by atoms with Gasteiger partial charge in [-0.1, -0.05) is 29.8 Å². The summed E-state index contributed by atoms with van der Waals surface area (Å²) in [6.07, 6.45) is 0. The number of nitrogens with one attached hydrogen (secondary N) is 2. The van der Waals surface area contributed by atoms with Gasteiger partial charge in [0.15, 0.2) is 0 Å². The molecule has 0 atom stereocenters. The van der Waals surface area contributed by atoms with Gasteiger partial charge in [0.2, 0.25) is 5.91 Å². The average Bonchev–Trinajstić information content (AvgIpc) is 2.75. The maximum atomic E-state index is 12.1. The fourth-order valence-electron chi connectivity index (χ4n) is 2.83. The van der Waals surface area contributed by atoms with Crippen LogP contribution in [-0.2, 0) is 11.3 Å². The highest BCUT2D eigenvalue weighted by molar-refractivity contribution is 6.32. The molecule has 2 amide bonds. The SMILES string of the molecule is COc1ccc2cc(CNC(=O)CNC(=O)c3ccc(Cl)c([N+](=O)[O-])c3)ccc2c1. The van der Waals surface area contributed by atoms with Crippen molar-refractivity contribution in [2.24, 2.45) is 0 Å². The van der Waals surface area contributed by atoms with Gasteiger partial charge in [0.05, 0.1) is 18.6 Å². The highest BCUT2D eigenvalue weighted by Gasteiger charge is 2.16. The minimum Gasteiger partial charge on any atom is -0.497 e. The summed E-state index contributed by atoms with van der Waals surface area (Å²) in [5, 5.41) is 18.0. The summed E-state index contributed by atoms with van der Waals surface area (Å²) in [7, 11) is 1.61. The number of carbonyl (C=O) groups excluding carboxylic acids is 2. The molecular formula is C21H18ClN3O5. The number of nitrogens with zero attached hydrogens (tertiary/aromatic N) is 1. The highest BCUT2D eigenvalue weighted by atomic mass is 35.5. The summed E-state index contributed by atoms with van der Waals surface area (Å²) in [5.74, 6) is -0.225. The second-order valence-corrected chi connectivity index (χ2v) is 6.84. The molecule has 0 heterocycles. The standard InChI is InChI=1S/C21H18ClN3O5/c1-30-17-6-4-14-8-13(2-3-15(14)9-17)11-23-20(26)12-24-21(27)16-5-7-18(22)19(10-16)25(28)29/h2-10H,11-12H2,1H3,(H,23,26)(H,24,27). The second kappa shape index (κ2) is 9.23. The van der Waals surface area contributed by atoms with Gasteiger partial charge in [-0.15, -0.1) is 0 Å². The highest BCUT2D eigenvalue weighted by Crippen LogP contribution is 2.25. The molecule has 0 radical (unpaired) electrons. The first-order valence-corrected chi connectivity index (χ1v) is 9.30. The molecule has 0 bridgehead atoms. The van der Waals surface area contributed by atoms with Crippen molar-refractivity contribution in [2.45, 2.75) is 6.54 Å². The van der Waals surface area contributed by atoms with E-state index in [9.17, 15) is 19.7 Å². The van der Waals surface area contributed by atoms with Crippen molar-refractivity contribution in [1.82, 2.24) is 10.6 Å². The van der Waals surface area contributed by atoms with Crippen molar-refractivity contribution in [3.63, 3.8) is 0 Å². The van der Waals surface area contributed by atoms with Gasteiger partial charge in [-0.05, 0) is 46.7 Å². The minimum atomic E-state index is -0.675. The van der Waals surface area contributed by atoms with Crippen LogP contribution in [-0.4, -0.2) is 30.4 Å². The van der Waals surface area contributed by atoms with E-state index in [4.69, 9.17) is 16.3 Å². The number of hydrogen-bond donors (Lipinski definition) is 2. The van der Waals surface area contributed by atoms with E-state index in [1.165, 1.54) is 12.1 Å². The van der Waals surface area contributed by atoms with Gasteiger partial charge < -0.3 is 15.4 Å². The van der Waals surface area contributed by atoms with Crippen LogP contribution in [0, 0.1) is 10.1 Å². The number of fused-ring (bicyclic) bond motifs is 1. The number of amides is 2.